The zero-order valence-electron chi connectivity index (χ0n) is 16.5. The second-order valence-electron chi connectivity index (χ2n) is 7.73. The molecular formula is C23H23ClN2O4. The molecule has 1 amide bonds. The number of para-hydroxylation sites is 1. The maximum Gasteiger partial charge on any atom is 0.290 e. The van der Waals surface area contributed by atoms with E-state index in [-0.39, 0.29) is 35.5 Å². The van der Waals surface area contributed by atoms with E-state index < -0.39 is 0 Å². The fraction of sp³-hybridized carbons (Fsp3) is 0.304. The fourth-order valence-electron chi connectivity index (χ4n) is 4.71. The zero-order chi connectivity index (χ0) is 20.0. The first-order valence-corrected chi connectivity index (χ1v) is 9.84. The molecule has 0 bridgehead atoms. The molecule has 0 spiro atoms. The van der Waals surface area contributed by atoms with E-state index in [0.717, 1.165) is 24.4 Å². The summed E-state index contributed by atoms with van der Waals surface area (Å²) in [6.07, 6.45) is 0. The van der Waals surface area contributed by atoms with Crippen LogP contribution in [-0.2, 0) is 0 Å². The molecule has 30 heavy (non-hydrogen) atoms. The first kappa shape index (κ1) is 20.4. The highest BCUT2D eigenvalue weighted by Crippen LogP contribution is 2.43. The van der Waals surface area contributed by atoms with Crippen LogP contribution >= 0.6 is 12.4 Å². The molecule has 1 aromatic heterocycles. The lowest BCUT2D eigenvalue weighted by atomic mass is 9.89. The zero-order valence-corrected chi connectivity index (χ0v) is 17.4. The molecule has 0 radical (unpaired) electrons. The first-order valence-electron chi connectivity index (χ1n) is 9.84. The molecule has 1 N–H and O–H groups in total. The predicted molar refractivity (Wildman–Crippen MR) is 116 cm³/mol. The molecule has 3 aromatic rings. The van der Waals surface area contributed by atoms with Gasteiger partial charge in [-0.15, -0.1) is 12.4 Å². The van der Waals surface area contributed by atoms with E-state index in [4.69, 9.17) is 9.15 Å². The number of likely N-dealkylation sites (tertiary alicyclic amines) is 1. The molecule has 2 aromatic carbocycles. The van der Waals surface area contributed by atoms with Crippen LogP contribution in [0.4, 0.5) is 0 Å². The minimum Gasteiger partial charge on any atom is -0.497 e. The Balaban J connectivity index is 0.00000218. The molecule has 2 aliphatic heterocycles. The summed E-state index contributed by atoms with van der Waals surface area (Å²) < 4.78 is 11.1. The van der Waals surface area contributed by atoms with Gasteiger partial charge >= 0.3 is 0 Å². The number of amides is 1. The minimum atomic E-state index is -0.233. The van der Waals surface area contributed by atoms with Gasteiger partial charge in [0.05, 0.1) is 18.5 Å². The molecule has 156 valence electrons. The number of halogens is 1. The SMILES string of the molecule is COc1ccc([C@H]2[C@H]3CNC[C@H]3CN2C(=O)c2cc(=O)c3ccccc3o2)cc1.Cl. The number of hydrogen-bond acceptors (Lipinski definition) is 5. The molecule has 0 saturated carbocycles. The summed E-state index contributed by atoms with van der Waals surface area (Å²) in [6, 6.07) is 16.1. The Morgan fingerprint density at radius 2 is 1.90 bits per heavy atom. The van der Waals surface area contributed by atoms with Gasteiger partial charge in [0.15, 0.2) is 11.2 Å². The average molecular weight is 427 g/mol. The molecule has 0 unspecified atom stereocenters. The molecule has 6 nitrogen and oxygen atoms in total. The molecule has 0 aliphatic carbocycles. The van der Waals surface area contributed by atoms with E-state index in [1.807, 2.05) is 29.2 Å². The van der Waals surface area contributed by atoms with Gasteiger partial charge in [-0.1, -0.05) is 24.3 Å². The summed E-state index contributed by atoms with van der Waals surface area (Å²) in [5.74, 6) is 1.37. The molecular weight excluding hydrogens is 404 g/mol. The van der Waals surface area contributed by atoms with Crippen LogP contribution in [0.5, 0.6) is 5.75 Å². The molecule has 3 heterocycles. The third-order valence-electron chi connectivity index (χ3n) is 6.13. The Kier molecular flexibility index (Phi) is 5.54. The van der Waals surface area contributed by atoms with Crippen molar-refractivity contribution < 1.29 is 13.9 Å². The van der Waals surface area contributed by atoms with E-state index in [2.05, 4.69) is 5.32 Å². The number of carbonyl (C=O) groups is 1. The largest absolute Gasteiger partial charge is 0.497 e. The maximum atomic E-state index is 13.4. The average Bonchev–Trinajstić information content (AvgIpc) is 3.34. The van der Waals surface area contributed by atoms with Crippen LogP contribution in [0.1, 0.15) is 22.2 Å². The van der Waals surface area contributed by atoms with Gasteiger partial charge in [0, 0.05) is 31.6 Å². The number of hydrogen-bond donors (Lipinski definition) is 1. The van der Waals surface area contributed by atoms with Gasteiger partial charge in [-0.25, -0.2) is 0 Å². The Morgan fingerprint density at radius 1 is 1.13 bits per heavy atom. The molecule has 7 heteroatoms. The van der Waals surface area contributed by atoms with Crippen molar-refractivity contribution in [3.8, 4) is 5.75 Å². The lowest BCUT2D eigenvalue weighted by Gasteiger charge is -2.28. The lowest BCUT2D eigenvalue weighted by molar-refractivity contribution is 0.0682. The summed E-state index contributed by atoms with van der Waals surface area (Å²) in [5.41, 5.74) is 1.31. The van der Waals surface area contributed by atoms with Crippen LogP contribution in [0.25, 0.3) is 11.0 Å². The highest BCUT2D eigenvalue weighted by Gasteiger charge is 2.47. The van der Waals surface area contributed by atoms with Gasteiger partial charge in [0.1, 0.15) is 11.3 Å². The third-order valence-corrected chi connectivity index (χ3v) is 6.13. The van der Waals surface area contributed by atoms with Crippen molar-refractivity contribution in [2.45, 2.75) is 6.04 Å². The van der Waals surface area contributed by atoms with Gasteiger partial charge in [-0.05, 0) is 35.7 Å². The van der Waals surface area contributed by atoms with E-state index in [9.17, 15) is 9.59 Å². The fourth-order valence-corrected chi connectivity index (χ4v) is 4.71. The number of ether oxygens (including phenoxy) is 1. The maximum absolute atomic E-state index is 13.4. The van der Waals surface area contributed by atoms with Crippen molar-refractivity contribution in [2.24, 2.45) is 11.8 Å². The van der Waals surface area contributed by atoms with Crippen LogP contribution in [0.15, 0.2) is 63.8 Å². The summed E-state index contributed by atoms with van der Waals surface area (Å²) in [5, 5.41) is 3.93. The monoisotopic (exact) mass is 426 g/mol. The molecule has 5 rings (SSSR count). The van der Waals surface area contributed by atoms with Gasteiger partial charge in [-0.3, -0.25) is 9.59 Å². The van der Waals surface area contributed by atoms with Gasteiger partial charge in [0.25, 0.3) is 5.91 Å². The summed E-state index contributed by atoms with van der Waals surface area (Å²) >= 11 is 0. The van der Waals surface area contributed by atoms with Crippen molar-refractivity contribution in [1.82, 2.24) is 10.2 Å². The molecule has 2 saturated heterocycles. The summed E-state index contributed by atoms with van der Waals surface area (Å²) in [4.78, 5) is 27.8. The number of rotatable bonds is 3. The van der Waals surface area contributed by atoms with Gasteiger partial charge in [0.2, 0.25) is 0 Å². The number of nitrogens with one attached hydrogen (secondary N) is 1. The quantitative estimate of drug-likeness (QED) is 0.696. The van der Waals surface area contributed by atoms with Gasteiger partial charge < -0.3 is 19.4 Å². The lowest BCUT2D eigenvalue weighted by Crippen LogP contribution is -2.35. The highest BCUT2D eigenvalue weighted by atomic mass is 35.5. The van der Waals surface area contributed by atoms with Crippen molar-refractivity contribution >= 4 is 29.3 Å². The topological polar surface area (TPSA) is 71.8 Å². The summed E-state index contributed by atoms with van der Waals surface area (Å²) in [7, 11) is 1.64. The third kappa shape index (κ3) is 3.36. The summed E-state index contributed by atoms with van der Waals surface area (Å²) in [6.45, 7) is 2.40. The van der Waals surface area contributed by atoms with Crippen LogP contribution in [-0.4, -0.2) is 37.6 Å². The number of benzene rings is 2. The Hall–Kier alpha value is -2.83. The van der Waals surface area contributed by atoms with E-state index in [1.165, 1.54) is 6.07 Å². The van der Waals surface area contributed by atoms with Crippen LogP contribution in [0, 0.1) is 11.8 Å². The number of fused-ring (bicyclic) bond motifs is 2. The minimum absolute atomic E-state index is 0. The molecule has 2 aliphatic rings. The normalized spacial score (nSPS) is 22.6. The van der Waals surface area contributed by atoms with Gasteiger partial charge in [-0.2, -0.15) is 0 Å². The van der Waals surface area contributed by atoms with E-state index in [1.54, 1.807) is 31.4 Å². The predicted octanol–water partition coefficient (Wildman–Crippen LogP) is 3.26. The Bertz CT molecular complexity index is 1130. The Labute approximate surface area is 180 Å². The van der Waals surface area contributed by atoms with E-state index in [0.29, 0.717) is 29.3 Å². The van der Waals surface area contributed by atoms with Crippen molar-refractivity contribution in [1.29, 1.82) is 0 Å². The highest BCUT2D eigenvalue weighted by molar-refractivity contribution is 5.93. The van der Waals surface area contributed by atoms with E-state index >= 15 is 0 Å². The van der Waals surface area contributed by atoms with Crippen molar-refractivity contribution in [3.05, 3.63) is 76.1 Å². The second kappa shape index (κ2) is 8.13. The van der Waals surface area contributed by atoms with Crippen LogP contribution in [0.2, 0.25) is 0 Å². The van der Waals surface area contributed by atoms with Crippen LogP contribution < -0.4 is 15.5 Å². The Morgan fingerprint density at radius 3 is 2.67 bits per heavy atom. The number of methoxy groups -OCH3 is 1. The number of nitrogens with zero attached hydrogens (tertiary/aromatic N) is 1. The molecule has 2 fully saturated rings. The number of carbonyl (C=O) groups excluding carboxylic acids is 1. The van der Waals surface area contributed by atoms with Crippen LogP contribution in [0.3, 0.4) is 0 Å². The van der Waals surface area contributed by atoms with Crippen molar-refractivity contribution in [2.75, 3.05) is 26.7 Å². The van der Waals surface area contributed by atoms with Crippen molar-refractivity contribution in [3.63, 3.8) is 0 Å². The smallest absolute Gasteiger partial charge is 0.290 e. The first-order chi connectivity index (χ1) is 14.2. The standard InChI is InChI=1S/C23H22N2O4.ClH/c1-28-16-8-6-14(7-9-16)22-18-12-24-11-15(18)13-25(22)23(27)21-10-19(26)17-4-2-3-5-20(17)29-21;/h2-10,15,18,22,24H,11-13H2,1H3;1H/t15-,18-,22-;/m0./s1. The molecule has 3 atom stereocenters. The second-order valence-corrected chi connectivity index (χ2v) is 7.73.